The van der Waals surface area contributed by atoms with E-state index in [1.807, 2.05) is 12.1 Å². The van der Waals surface area contributed by atoms with Crippen molar-refractivity contribution in [2.45, 2.75) is 51.4 Å². The van der Waals surface area contributed by atoms with Gasteiger partial charge in [0.05, 0.1) is 0 Å². The number of nitrogens with zero attached hydrogens (tertiary/aromatic N) is 3. The number of furan rings is 1. The van der Waals surface area contributed by atoms with Gasteiger partial charge < -0.3 is 4.42 Å². The van der Waals surface area contributed by atoms with Crippen molar-refractivity contribution < 1.29 is 4.42 Å². The van der Waals surface area contributed by atoms with Crippen LogP contribution in [0.3, 0.4) is 0 Å². The van der Waals surface area contributed by atoms with Crippen LogP contribution in [-0.2, 0) is 10.8 Å². The SMILES string of the molecule is CC1(C)CCC(C)(C)c2cc(-c3ccc4oc5cccc(-c6nc(-c7ccc8ccccc8c7)nc(-c7ccc8ccc9ccccc9c8c7)n6)c5c4c3)ccc21. The van der Waals surface area contributed by atoms with E-state index in [9.17, 15) is 0 Å². The minimum Gasteiger partial charge on any atom is -0.456 e. The van der Waals surface area contributed by atoms with Gasteiger partial charge in [-0.25, -0.2) is 15.0 Å². The molecule has 1 aliphatic carbocycles. The Hall–Kier alpha value is -6.65. The molecular weight excluding hydrogens is 695 g/mol. The summed E-state index contributed by atoms with van der Waals surface area (Å²) in [5.41, 5.74) is 10.0. The topological polar surface area (TPSA) is 51.8 Å². The molecule has 0 N–H and O–H groups in total. The molecule has 0 spiro atoms. The van der Waals surface area contributed by atoms with E-state index in [2.05, 4.69) is 167 Å². The second-order valence-electron chi connectivity index (χ2n) is 17.1. The monoisotopic (exact) mass is 735 g/mol. The standard InChI is InChI=1S/C53H41N3O/c1-52(2)26-27-53(3,4)45-31-37(22-24-44(45)52)36-23-25-46-43(29-36)48-41(14-9-15-47(48)57-46)51-55-49(38-20-16-32-10-5-6-12-35(32)28-38)54-50(56-51)39-21-19-34-18-17-33-11-7-8-13-40(33)42(34)30-39/h5-25,28-31H,26-27H2,1-4H3. The van der Waals surface area contributed by atoms with Crippen molar-refractivity contribution in [3.8, 4) is 45.3 Å². The molecule has 0 unspecified atom stereocenters. The molecule has 2 aromatic heterocycles. The van der Waals surface area contributed by atoms with Crippen LogP contribution < -0.4 is 0 Å². The van der Waals surface area contributed by atoms with Gasteiger partial charge in [0.2, 0.25) is 0 Å². The van der Waals surface area contributed by atoms with Crippen LogP contribution in [0.15, 0.2) is 156 Å². The zero-order valence-electron chi connectivity index (χ0n) is 32.6. The third kappa shape index (κ3) is 5.54. The quantitative estimate of drug-likeness (QED) is 0.169. The summed E-state index contributed by atoms with van der Waals surface area (Å²) in [6, 6.07) is 54.1. The van der Waals surface area contributed by atoms with Crippen LogP contribution in [0.25, 0.3) is 99.5 Å². The number of hydrogen-bond donors (Lipinski definition) is 0. The maximum absolute atomic E-state index is 6.55. The van der Waals surface area contributed by atoms with E-state index in [1.54, 1.807) is 0 Å². The van der Waals surface area contributed by atoms with Gasteiger partial charge in [-0.05, 0) is 109 Å². The molecule has 274 valence electrons. The fourth-order valence-electron chi connectivity index (χ4n) is 9.19. The Morgan fingerprint density at radius 2 is 0.982 bits per heavy atom. The molecule has 0 atom stereocenters. The van der Waals surface area contributed by atoms with Crippen LogP contribution in [0.5, 0.6) is 0 Å². The fourth-order valence-corrected chi connectivity index (χ4v) is 9.19. The van der Waals surface area contributed by atoms with Gasteiger partial charge in [0.1, 0.15) is 11.2 Å². The van der Waals surface area contributed by atoms with E-state index >= 15 is 0 Å². The Kier molecular flexibility index (Phi) is 7.34. The molecular formula is C53H41N3O. The average Bonchev–Trinajstić information content (AvgIpc) is 3.63. The van der Waals surface area contributed by atoms with Crippen molar-refractivity contribution in [1.29, 1.82) is 0 Å². The molecule has 0 aliphatic heterocycles. The van der Waals surface area contributed by atoms with Gasteiger partial charge in [-0.3, -0.25) is 0 Å². The molecule has 4 nitrogen and oxygen atoms in total. The van der Waals surface area contributed by atoms with Crippen molar-refractivity contribution in [2.24, 2.45) is 0 Å². The largest absolute Gasteiger partial charge is 0.456 e. The summed E-state index contributed by atoms with van der Waals surface area (Å²) < 4.78 is 6.55. The van der Waals surface area contributed by atoms with Crippen molar-refractivity contribution in [1.82, 2.24) is 15.0 Å². The Morgan fingerprint density at radius 1 is 0.404 bits per heavy atom. The third-order valence-electron chi connectivity index (χ3n) is 12.6. The zero-order chi connectivity index (χ0) is 38.5. The Bertz CT molecular complexity index is 3260. The summed E-state index contributed by atoms with van der Waals surface area (Å²) in [5, 5.41) is 9.12. The second-order valence-corrected chi connectivity index (χ2v) is 17.1. The average molecular weight is 736 g/mol. The Balaban J connectivity index is 1.12. The number of rotatable bonds is 4. The van der Waals surface area contributed by atoms with Gasteiger partial charge in [0, 0.05) is 27.5 Å². The first-order valence-electron chi connectivity index (χ1n) is 20.0. The number of benzene rings is 8. The van der Waals surface area contributed by atoms with Gasteiger partial charge in [0.25, 0.3) is 0 Å². The molecule has 11 rings (SSSR count). The highest BCUT2D eigenvalue weighted by atomic mass is 16.3. The van der Waals surface area contributed by atoms with E-state index in [1.165, 1.54) is 62.0 Å². The lowest BCUT2D eigenvalue weighted by Crippen LogP contribution is -2.33. The lowest BCUT2D eigenvalue weighted by Gasteiger charge is -2.42. The molecule has 0 saturated heterocycles. The third-order valence-corrected chi connectivity index (χ3v) is 12.6. The van der Waals surface area contributed by atoms with Gasteiger partial charge in [-0.1, -0.05) is 149 Å². The molecule has 0 bridgehead atoms. The molecule has 2 heterocycles. The number of hydrogen-bond acceptors (Lipinski definition) is 4. The van der Waals surface area contributed by atoms with Crippen molar-refractivity contribution in [3.63, 3.8) is 0 Å². The first-order valence-corrected chi connectivity index (χ1v) is 20.0. The van der Waals surface area contributed by atoms with E-state index in [0.717, 1.165) is 44.0 Å². The van der Waals surface area contributed by atoms with Gasteiger partial charge in [0.15, 0.2) is 17.5 Å². The summed E-state index contributed by atoms with van der Waals surface area (Å²) in [6.07, 6.45) is 2.37. The first kappa shape index (κ1) is 33.7. The molecule has 1 aliphatic rings. The maximum Gasteiger partial charge on any atom is 0.164 e. The summed E-state index contributed by atoms with van der Waals surface area (Å²) >= 11 is 0. The predicted octanol–water partition coefficient (Wildman–Crippen LogP) is 14.2. The summed E-state index contributed by atoms with van der Waals surface area (Å²) in [7, 11) is 0. The number of fused-ring (bicyclic) bond motifs is 8. The van der Waals surface area contributed by atoms with E-state index < -0.39 is 0 Å². The maximum atomic E-state index is 6.55. The molecule has 0 saturated carbocycles. The summed E-state index contributed by atoms with van der Waals surface area (Å²) in [4.78, 5) is 15.7. The normalized spacial score (nSPS) is 14.8. The molecule has 57 heavy (non-hydrogen) atoms. The molecule has 10 aromatic rings. The van der Waals surface area contributed by atoms with Crippen LogP contribution in [0.1, 0.15) is 51.7 Å². The first-order chi connectivity index (χ1) is 27.7. The lowest BCUT2D eigenvalue weighted by molar-refractivity contribution is 0.332. The second kappa shape index (κ2) is 12.4. The molecule has 4 heteroatoms. The minimum absolute atomic E-state index is 0.123. The Morgan fingerprint density at radius 3 is 1.79 bits per heavy atom. The fraction of sp³-hybridized carbons (Fsp3) is 0.151. The van der Waals surface area contributed by atoms with Crippen LogP contribution in [-0.4, -0.2) is 15.0 Å². The van der Waals surface area contributed by atoms with Gasteiger partial charge >= 0.3 is 0 Å². The van der Waals surface area contributed by atoms with Gasteiger partial charge in [-0.2, -0.15) is 0 Å². The smallest absolute Gasteiger partial charge is 0.164 e. The van der Waals surface area contributed by atoms with Crippen molar-refractivity contribution in [3.05, 3.63) is 163 Å². The van der Waals surface area contributed by atoms with Crippen molar-refractivity contribution >= 4 is 54.3 Å². The molecule has 8 aromatic carbocycles. The molecule has 0 radical (unpaired) electrons. The van der Waals surface area contributed by atoms with E-state index in [0.29, 0.717) is 17.5 Å². The highest BCUT2D eigenvalue weighted by Gasteiger charge is 2.37. The van der Waals surface area contributed by atoms with Gasteiger partial charge in [-0.15, -0.1) is 0 Å². The molecule has 0 fully saturated rings. The predicted molar refractivity (Wildman–Crippen MR) is 237 cm³/mol. The van der Waals surface area contributed by atoms with E-state index in [-0.39, 0.29) is 10.8 Å². The minimum atomic E-state index is 0.123. The Labute approximate surface area is 331 Å². The summed E-state index contributed by atoms with van der Waals surface area (Å²) in [6.45, 7) is 9.54. The zero-order valence-corrected chi connectivity index (χ0v) is 32.6. The van der Waals surface area contributed by atoms with Crippen LogP contribution >= 0.6 is 0 Å². The van der Waals surface area contributed by atoms with Crippen LogP contribution in [0.4, 0.5) is 0 Å². The summed E-state index contributed by atoms with van der Waals surface area (Å²) in [5.74, 6) is 1.87. The highest BCUT2D eigenvalue weighted by Crippen LogP contribution is 2.47. The van der Waals surface area contributed by atoms with E-state index in [4.69, 9.17) is 19.4 Å². The van der Waals surface area contributed by atoms with Crippen LogP contribution in [0.2, 0.25) is 0 Å². The van der Waals surface area contributed by atoms with Crippen molar-refractivity contribution in [2.75, 3.05) is 0 Å². The number of aromatic nitrogens is 3. The molecule has 0 amide bonds. The van der Waals surface area contributed by atoms with Crippen LogP contribution in [0, 0.1) is 0 Å². The lowest BCUT2D eigenvalue weighted by atomic mass is 9.63. The highest BCUT2D eigenvalue weighted by molar-refractivity contribution is 6.13.